The number of anilines is 1. The SMILES string of the molecule is Cn1cc(-c2cc3cc(C(=O)Nc4cc(C(=O)NCCN5CC6CCC5CC6)ccc4F)cnc3[nH]2)cn1. The molecule has 3 fully saturated rings. The predicted octanol–water partition coefficient (Wildman–Crippen LogP) is 3.96. The first-order valence-electron chi connectivity index (χ1n) is 13.0. The number of amides is 2. The molecule has 4 aromatic rings. The van der Waals surface area contributed by atoms with Crippen LogP contribution in [0.3, 0.4) is 0 Å². The molecule has 2 bridgehead atoms. The quantitative estimate of drug-likeness (QED) is 0.345. The molecular formula is C28H30FN7O2. The average Bonchev–Trinajstić information content (AvgIpc) is 3.56. The van der Waals surface area contributed by atoms with Crippen LogP contribution in [-0.2, 0) is 7.05 Å². The Labute approximate surface area is 219 Å². The number of fused-ring (bicyclic) bond motifs is 4. The zero-order chi connectivity index (χ0) is 26.2. The van der Waals surface area contributed by atoms with Crippen LogP contribution in [0.25, 0.3) is 22.3 Å². The first-order valence-corrected chi connectivity index (χ1v) is 13.0. The smallest absolute Gasteiger partial charge is 0.257 e. The molecule has 1 aromatic carbocycles. The monoisotopic (exact) mass is 515 g/mol. The van der Waals surface area contributed by atoms with Crippen LogP contribution in [0.15, 0.2) is 48.9 Å². The summed E-state index contributed by atoms with van der Waals surface area (Å²) in [4.78, 5) is 35.7. The number of rotatable bonds is 7. The van der Waals surface area contributed by atoms with E-state index in [2.05, 4.69) is 30.6 Å². The Morgan fingerprint density at radius 3 is 2.66 bits per heavy atom. The van der Waals surface area contributed by atoms with E-state index in [0.29, 0.717) is 23.8 Å². The van der Waals surface area contributed by atoms with Crippen molar-refractivity contribution in [1.29, 1.82) is 0 Å². The van der Waals surface area contributed by atoms with Gasteiger partial charge < -0.3 is 15.6 Å². The lowest BCUT2D eigenvalue weighted by molar-refractivity contribution is 0.0494. The van der Waals surface area contributed by atoms with Crippen LogP contribution in [0.2, 0.25) is 0 Å². The van der Waals surface area contributed by atoms with Gasteiger partial charge in [-0.1, -0.05) is 0 Å². The van der Waals surface area contributed by atoms with Crippen LogP contribution in [0.5, 0.6) is 0 Å². The van der Waals surface area contributed by atoms with Crippen molar-refractivity contribution < 1.29 is 14.0 Å². The number of benzene rings is 1. The summed E-state index contributed by atoms with van der Waals surface area (Å²) < 4.78 is 16.3. The molecule has 0 spiro atoms. The Kier molecular flexibility index (Phi) is 6.40. The summed E-state index contributed by atoms with van der Waals surface area (Å²) in [5.74, 6) is -0.634. The van der Waals surface area contributed by atoms with Crippen LogP contribution in [0.4, 0.5) is 10.1 Å². The number of aromatic amines is 1. The minimum Gasteiger partial charge on any atom is -0.351 e. The normalized spacial score (nSPS) is 19.1. The average molecular weight is 516 g/mol. The standard InChI is InChI=1S/C28H30FN7O2/c1-35-16-21(14-32-35)24-12-19-10-20(13-31-26(19)33-24)28(38)34-25-11-18(4-7-23(25)29)27(37)30-8-9-36-15-17-2-5-22(36)6-3-17/h4,7,10-14,16-17,22H,2-3,5-6,8-9,15H2,1H3,(H,30,37)(H,31,33)(H,34,38). The van der Waals surface area contributed by atoms with Gasteiger partial charge in [0.1, 0.15) is 11.5 Å². The van der Waals surface area contributed by atoms with Crippen molar-refractivity contribution in [3.8, 4) is 11.3 Å². The maximum absolute atomic E-state index is 14.6. The molecule has 1 aliphatic carbocycles. The van der Waals surface area contributed by atoms with Gasteiger partial charge in [0.25, 0.3) is 11.8 Å². The van der Waals surface area contributed by atoms with Crippen molar-refractivity contribution in [1.82, 2.24) is 30.0 Å². The van der Waals surface area contributed by atoms with Crippen molar-refractivity contribution in [2.24, 2.45) is 13.0 Å². The third kappa shape index (κ3) is 4.91. The van der Waals surface area contributed by atoms with E-state index >= 15 is 0 Å². The van der Waals surface area contributed by atoms with E-state index in [-0.39, 0.29) is 17.2 Å². The fraction of sp³-hybridized carbons (Fsp3) is 0.357. The summed E-state index contributed by atoms with van der Waals surface area (Å²) >= 11 is 0. The van der Waals surface area contributed by atoms with Gasteiger partial charge in [0.15, 0.2) is 0 Å². The molecule has 2 aliphatic heterocycles. The van der Waals surface area contributed by atoms with Gasteiger partial charge in [0.05, 0.1) is 23.1 Å². The molecule has 3 aromatic heterocycles. The highest BCUT2D eigenvalue weighted by atomic mass is 19.1. The molecule has 5 heterocycles. The summed E-state index contributed by atoms with van der Waals surface area (Å²) in [6.45, 7) is 2.46. The molecule has 196 valence electrons. The lowest BCUT2D eigenvalue weighted by Crippen LogP contribution is -2.50. The Morgan fingerprint density at radius 1 is 1.08 bits per heavy atom. The van der Waals surface area contributed by atoms with E-state index < -0.39 is 11.7 Å². The largest absolute Gasteiger partial charge is 0.351 e. The molecule has 2 amide bonds. The van der Waals surface area contributed by atoms with E-state index in [0.717, 1.165) is 35.7 Å². The van der Waals surface area contributed by atoms with Crippen molar-refractivity contribution in [2.75, 3.05) is 25.0 Å². The number of aromatic nitrogens is 4. The minimum absolute atomic E-state index is 0.0544. The number of halogens is 1. The number of pyridine rings is 1. The first kappa shape index (κ1) is 24.3. The number of hydrogen-bond acceptors (Lipinski definition) is 5. The highest BCUT2D eigenvalue weighted by molar-refractivity contribution is 6.06. The van der Waals surface area contributed by atoms with Gasteiger partial charge in [-0.2, -0.15) is 5.10 Å². The number of nitrogens with one attached hydrogen (secondary N) is 3. The topological polar surface area (TPSA) is 108 Å². The van der Waals surface area contributed by atoms with Gasteiger partial charge in [-0.3, -0.25) is 19.2 Å². The molecular weight excluding hydrogens is 485 g/mol. The molecule has 7 rings (SSSR count). The number of piperidine rings is 2. The second-order valence-electron chi connectivity index (χ2n) is 10.3. The molecule has 0 unspecified atom stereocenters. The lowest BCUT2D eigenvalue weighted by Gasteiger charge is -2.45. The van der Waals surface area contributed by atoms with Gasteiger partial charge in [-0.05, 0) is 61.9 Å². The van der Waals surface area contributed by atoms with Crippen molar-refractivity contribution in [2.45, 2.75) is 31.7 Å². The summed E-state index contributed by atoms with van der Waals surface area (Å²) in [6, 6.07) is 8.20. The van der Waals surface area contributed by atoms with Gasteiger partial charge in [-0.15, -0.1) is 0 Å². The summed E-state index contributed by atoms with van der Waals surface area (Å²) in [5.41, 5.74) is 2.87. The lowest BCUT2D eigenvalue weighted by atomic mass is 9.80. The van der Waals surface area contributed by atoms with Crippen LogP contribution < -0.4 is 10.6 Å². The Bertz CT molecular complexity index is 1500. The van der Waals surface area contributed by atoms with Gasteiger partial charge in [0, 0.05) is 61.6 Å². The molecule has 1 saturated carbocycles. The molecule has 0 atom stereocenters. The number of hydrogen-bond donors (Lipinski definition) is 3. The van der Waals surface area contributed by atoms with Gasteiger partial charge in [-0.25, -0.2) is 9.37 Å². The Hall–Kier alpha value is -4.05. The second-order valence-corrected chi connectivity index (χ2v) is 10.3. The predicted molar refractivity (Wildman–Crippen MR) is 142 cm³/mol. The highest BCUT2D eigenvalue weighted by Crippen LogP contribution is 2.34. The minimum atomic E-state index is -0.617. The van der Waals surface area contributed by atoms with Crippen LogP contribution in [0.1, 0.15) is 46.4 Å². The molecule has 9 nitrogen and oxygen atoms in total. The third-order valence-corrected chi connectivity index (χ3v) is 7.73. The molecule has 3 N–H and O–H groups in total. The third-order valence-electron chi connectivity index (χ3n) is 7.73. The number of aryl methyl sites for hydroxylation is 1. The Morgan fingerprint density at radius 2 is 1.92 bits per heavy atom. The molecule has 10 heteroatoms. The van der Waals surface area contributed by atoms with Gasteiger partial charge >= 0.3 is 0 Å². The van der Waals surface area contributed by atoms with E-state index in [1.165, 1.54) is 50.1 Å². The van der Waals surface area contributed by atoms with Crippen LogP contribution in [-0.4, -0.2) is 62.1 Å². The first-order chi connectivity index (χ1) is 18.4. The Balaban J connectivity index is 1.10. The zero-order valence-electron chi connectivity index (χ0n) is 21.2. The number of carbonyl (C=O) groups excluding carboxylic acids is 2. The number of nitrogens with zero attached hydrogens (tertiary/aromatic N) is 4. The molecule has 2 saturated heterocycles. The van der Waals surface area contributed by atoms with Crippen LogP contribution in [0, 0.1) is 11.7 Å². The van der Waals surface area contributed by atoms with Crippen LogP contribution >= 0.6 is 0 Å². The second kappa shape index (κ2) is 10.0. The summed E-state index contributed by atoms with van der Waals surface area (Å²) in [7, 11) is 1.84. The maximum atomic E-state index is 14.6. The van der Waals surface area contributed by atoms with Crippen molar-refractivity contribution in [3.05, 3.63) is 65.9 Å². The van der Waals surface area contributed by atoms with Gasteiger partial charge in [0.2, 0.25) is 0 Å². The fourth-order valence-corrected chi connectivity index (χ4v) is 5.67. The number of H-pyrrole nitrogens is 1. The maximum Gasteiger partial charge on any atom is 0.257 e. The molecule has 3 aliphatic rings. The molecule has 0 radical (unpaired) electrons. The highest BCUT2D eigenvalue weighted by Gasteiger charge is 2.33. The summed E-state index contributed by atoms with van der Waals surface area (Å²) in [6.07, 6.45) is 10.2. The molecule has 38 heavy (non-hydrogen) atoms. The van der Waals surface area contributed by atoms with E-state index in [4.69, 9.17) is 0 Å². The van der Waals surface area contributed by atoms with E-state index in [9.17, 15) is 14.0 Å². The zero-order valence-corrected chi connectivity index (χ0v) is 21.2. The number of carbonyl (C=O) groups is 2. The van der Waals surface area contributed by atoms with E-state index in [1.54, 1.807) is 16.9 Å². The van der Waals surface area contributed by atoms with E-state index in [1.807, 2.05) is 19.3 Å². The van der Waals surface area contributed by atoms with Crippen molar-refractivity contribution in [3.63, 3.8) is 0 Å². The van der Waals surface area contributed by atoms with Crippen molar-refractivity contribution >= 4 is 28.5 Å². The fourth-order valence-electron chi connectivity index (χ4n) is 5.67. The summed E-state index contributed by atoms with van der Waals surface area (Å²) in [5, 5.41) is 10.4.